The highest BCUT2D eigenvalue weighted by Gasteiger charge is 2.35. The lowest BCUT2D eigenvalue weighted by molar-refractivity contribution is -0.134. The molecule has 1 aliphatic rings. The first-order chi connectivity index (χ1) is 19.1. The Morgan fingerprint density at radius 1 is 0.975 bits per heavy atom. The Kier molecular flexibility index (Phi) is 7.96. The Morgan fingerprint density at radius 2 is 1.62 bits per heavy atom. The maximum absolute atomic E-state index is 14.8. The molecule has 2 heterocycles. The molecule has 1 fully saturated rings. The number of piperazine rings is 1. The normalized spacial score (nSPS) is 14.0. The number of thioether (sulfide) groups is 1. The van der Waals surface area contributed by atoms with Gasteiger partial charge in [-0.2, -0.15) is 5.10 Å². The lowest BCUT2D eigenvalue weighted by Crippen LogP contribution is -2.54. The lowest BCUT2D eigenvalue weighted by atomic mass is 10.0. The largest absolute Gasteiger partial charge is 0.338 e. The van der Waals surface area contributed by atoms with Crippen LogP contribution in [0.5, 0.6) is 0 Å². The molecule has 0 aliphatic carbocycles. The number of aromatic amines is 1. The molecule has 0 unspecified atom stereocenters. The van der Waals surface area contributed by atoms with Gasteiger partial charge in [-0.1, -0.05) is 35.9 Å². The zero-order valence-corrected chi connectivity index (χ0v) is 23.7. The summed E-state index contributed by atoms with van der Waals surface area (Å²) >= 11 is 7.44. The molecule has 5 rings (SSSR count). The molecule has 0 saturated carbocycles. The Balaban J connectivity index is 1.26. The second-order valence-corrected chi connectivity index (χ2v) is 12.3. The fraction of sp³-hybridized carbons (Fsp3) is 0.267. The molecule has 1 aromatic heterocycles. The maximum Gasteiger partial charge on any atom is 0.272 e. The summed E-state index contributed by atoms with van der Waals surface area (Å²) in [5, 5.41) is 8.57. The van der Waals surface area contributed by atoms with Crippen molar-refractivity contribution in [2.24, 2.45) is 0 Å². The molecule has 0 atom stereocenters. The number of nitrogens with one attached hydrogen (secondary N) is 1. The van der Waals surface area contributed by atoms with E-state index in [0.29, 0.717) is 59.7 Å². The van der Waals surface area contributed by atoms with Gasteiger partial charge in [-0.15, -0.1) is 11.8 Å². The van der Waals surface area contributed by atoms with Crippen molar-refractivity contribution >= 4 is 45.9 Å². The van der Waals surface area contributed by atoms with Gasteiger partial charge in [-0.05, 0) is 61.9 Å². The van der Waals surface area contributed by atoms with Crippen LogP contribution in [0.15, 0.2) is 76.4 Å². The zero-order valence-electron chi connectivity index (χ0n) is 22.1. The summed E-state index contributed by atoms with van der Waals surface area (Å²) < 4.78 is 14.1. The number of carbonyl (C=O) groups excluding carboxylic acids is 2. The zero-order chi connectivity index (χ0) is 28.4. The molecule has 2 amide bonds. The average Bonchev–Trinajstić information content (AvgIpc) is 2.96. The van der Waals surface area contributed by atoms with Crippen LogP contribution < -0.4 is 5.56 Å². The van der Waals surface area contributed by atoms with Crippen molar-refractivity contribution in [3.63, 3.8) is 0 Å². The van der Waals surface area contributed by atoms with E-state index in [9.17, 15) is 18.8 Å². The predicted molar refractivity (Wildman–Crippen MR) is 155 cm³/mol. The Hall–Kier alpha value is -3.69. The van der Waals surface area contributed by atoms with E-state index in [1.807, 2.05) is 38.1 Å². The van der Waals surface area contributed by atoms with Crippen molar-refractivity contribution in [2.45, 2.75) is 29.9 Å². The van der Waals surface area contributed by atoms with Crippen molar-refractivity contribution in [2.75, 3.05) is 26.2 Å². The second kappa shape index (κ2) is 11.4. The highest BCUT2D eigenvalue weighted by Crippen LogP contribution is 2.35. The fourth-order valence-electron chi connectivity index (χ4n) is 4.85. The van der Waals surface area contributed by atoms with Crippen LogP contribution in [0.4, 0.5) is 4.39 Å². The van der Waals surface area contributed by atoms with Crippen LogP contribution in [0.25, 0.3) is 10.8 Å². The number of hydrogen-bond acceptors (Lipinski definition) is 5. The monoisotopic (exact) mass is 578 g/mol. The van der Waals surface area contributed by atoms with E-state index in [1.54, 1.807) is 46.2 Å². The molecular weight excluding hydrogens is 551 g/mol. The molecule has 3 aromatic carbocycles. The van der Waals surface area contributed by atoms with E-state index in [2.05, 4.69) is 10.2 Å². The SMILES string of the molecule is CC(C)(Sc1ccc(Cl)cc1)C(=O)N1CCN(C(=O)c2cc(Cc3n[nH]c(=O)c4ccccc34)ccc2F)CC1. The molecule has 1 aliphatic heterocycles. The van der Waals surface area contributed by atoms with E-state index in [-0.39, 0.29) is 17.0 Å². The molecule has 0 radical (unpaired) electrons. The van der Waals surface area contributed by atoms with E-state index in [1.165, 1.54) is 17.8 Å². The summed E-state index contributed by atoms with van der Waals surface area (Å²) in [5.74, 6) is -1.04. The number of fused-ring (bicyclic) bond motifs is 1. The quantitative estimate of drug-likeness (QED) is 0.319. The minimum Gasteiger partial charge on any atom is -0.338 e. The van der Waals surface area contributed by atoms with Crippen LogP contribution in [0.1, 0.15) is 35.5 Å². The summed E-state index contributed by atoms with van der Waals surface area (Å²) in [6, 6.07) is 19.0. The fourth-order valence-corrected chi connectivity index (χ4v) is 6.05. The van der Waals surface area contributed by atoms with Gasteiger partial charge in [0.2, 0.25) is 5.91 Å². The van der Waals surface area contributed by atoms with E-state index in [0.717, 1.165) is 4.90 Å². The van der Waals surface area contributed by atoms with Gasteiger partial charge in [0.15, 0.2) is 0 Å². The molecule has 10 heteroatoms. The van der Waals surface area contributed by atoms with E-state index < -0.39 is 16.5 Å². The number of halogens is 2. The standard InChI is InChI=1S/C30H28ClFN4O3S/c1-30(2,40-21-10-8-20(31)9-11-21)29(39)36-15-13-35(14-16-36)28(38)24-17-19(7-12-25(24)32)18-26-22-5-3-4-6-23(22)27(37)34-33-26/h3-12,17H,13-16,18H2,1-2H3,(H,34,37). The van der Waals surface area contributed by atoms with Crippen molar-refractivity contribution in [3.8, 4) is 0 Å². The number of carbonyl (C=O) groups is 2. The van der Waals surface area contributed by atoms with Crippen LogP contribution in [-0.4, -0.2) is 62.7 Å². The highest BCUT2D eigenvalue weighted by atomic mass is 35.5. The van der Waals surface area contributed by atoms with Gasteiger partial charge in [-0.3, -0.25) is 14.4 Å². The molecule has 0 spiro atoms. The third kappa shape index (κ3) is 5.90. The summed E-state index contributed by atoms with van der Waals surface area (Å²) in [5.41, 5.74) is 1.03. The van der Waals surface area contributed by atoms with Crippen LogP contribution >= 0.6 is 23.4 Å². The van der Waals surface area contributed by atoms with Crippen molar-refractivity contribution in [1.29, 1.82) is 0 Å². The number of hydrogen-bond donors (Lipinski definition) is 1. The van der Waals surface area contributed by atoms with Gasteiger partial charge in [-0.25, -0.2) is 9.49 Å². The van der Waals surface area contributed by atoms with Crippen LogP contribution in [0.3, 0.4) is 0 Å². The summed E-state index contributed by atoms with van der Waals surface area (Å²) in [6.07, 6.45) is 0.320. The van der Waals surface area contributed by atoms with Crippen molar-refractivity contribution in [1.82, 2.24) is 20.0 Å². The first-order valence-electron chi connectivity index (χ1n) is 12.9. The van der Waals surface area contributed by atoms with Crippen molar-refractivity contribution < 1.29 is 14.0 Å². The predicted octanol–water partition coefficient (Wildman–Crippen LogP) is 5.16. The summed E-state index contributed by atoms with van der Waals surface area (Å²) in [4.78, 5) is 43.0. The van der Waals surface area contributed by atoms with Crippen molar-refractivity contribution in [3.05, 3.63) is 105 Å². The molecule has 4 aromatic rings. The average molecular weight is 579 g/mol. The second-order valence-electron chi connectivity index (χ2n) is 10.2. The first kappa shape index (κ1) is 27.9. The molecule has 40 heavy (non-hydrogen) atoms. The van der Waals surface area contributed by atoms with Gasteiger partial charge in [0.05, 0.1) is 21.4 Å². The number of benzene rings is 3. The molecule has 206 valence electrons. The minimum atomic E-state index is -0.708. The highest BCUT2D eigenvalue weighted by molar-refractivity contribution is 8.01. The minimum absolute atomic E-state index is 0.0200. The number of H-pyrrole nitrogens is 1. The van der Waals surface area contributed by atoms with Gasteiger partial charge < -0.3 is 9.80 Å². The third-order valence-corrected chi connectivity index (χ3v) is 8.41. The Morgan fingerprint density at radius 3 is 2.33 bits per heavy atom. The van der Waals surface area contributed by atoms with Gasteiger partial charge in [0, 0.05) is 47.9 Å². The lowest BCUT2D eigenvalue weighted by Gasteiger charge is -2.38. The maximum atomic E-state index is 14.8. The smallest absolute Gasteiger partial charge is 0.272 e. The Bertz CT molecular complexity index is 1630. The molecular formula is C30H28ClFN4O3S. The Labute approximate surface area is 240 Å². The van der Waals surface area contributed by atoms with Crippen LogP contribution in [0.2, 0.25) is 5.02 Å². The number of amides is 2. The van der Waals surface area contributed by atoms with Gasteiger partial charge >= 0.3 is 0 Å². The number of aromatic nitrogens is 2. The number of rotatable bonds is 6. The van der Waals surface area contributed by atoms with E-state index >= 15 is 0 Å². The summed E-state index contributed by atoms with van der Waals surface area (Å²) in [7, 11) is 0. The first-order valence-corrected chi connectivity index (χ1v) is 14.1. The van der Waals surface area contributed by atoms with E-state index in [4.69, 9.17) is 11.6 Å². The van der Waals surface area contributed by atoms with Gasteiger partial charge in [0.25, 0.3) is 11.5 Å². The molecule has 1 saturated heterocycles. The third-order valence-electron chi connectivity index (χ3n) is 6.96. The molecule has 7 nitrogen and oxygen atoms in total. The van der Waals surface area contributed by atoms with Gasteiger partial charge in [0.1, 0.15) is 5.82 Å². The topological polar surface area (TPSA) is 86.4 Å². The summed E-state index contributed by atoms with van der Waals surface area (Å²) in [6.45, 7) is 5.11. The molecule has 0 bridgehead atoms. The van der Waals surface area contributed by atoms with Crippen LogP contribution in [0, 0.1) is 5.82 Å². The molecule has 1 N–H and O–H groups in total. The van der Waals surface area contributed by atoms with Crippen LogP contribution in [-0.2, 0) is 11.2 Å². The number of nitrogens with zero attached hydrogens (tertiary/aromatic N) is 3.